The van der Waals surface area contributed by atoms with Crippen LogP contribution < -0.4 is 0 Å². The molecule has 0 bridgehead atoms. The van der Waals surface area contributed by atoms with E-state index in [0.29, 0.717) is 26.2 Å². The normalized spacial score (nSPS) is 20.1. The highest BCUT2D eigenvalue weighted by molar-refractivity contribution is 6.45. The minimum Gasteiger partial charge on any atom is -0.357 e. The second-order valence-corrected chi connectivity index (χ2v) is 8.37. The van der Waals surface area contributed by atoms with Crippen LogP contribution in [0.25, 0.3) is 16.7 Å². The van der Waals surface area contributed by atoms with E-state index in [1.54, 1.807) is 25.2 Å². The minimum atomic E-state index is -0.785. The molecule has 3 aromatic rings. The number of likely N-dealkylation sites (tertiary alicyclic amines) is 2. The zero-order valence-electron chi connectivity index (χ0n) is 17.5. The molecule has 0 aromatic carbocycles. The number of ketones is 1. The molecule has 2 fully saturated rings. The van der Waals surface area contributed by atoms with E-state index in [-0.39, 0.29) is 40.2 Å². The van der Waals surface area contributed by atoms with Crippen LogP contribution in [0, 0.1) is 17.7 Å². The van der Waals surface area contributed by atoms with Crippen molar-refractivity contribution in [3.63, 3.8) is 0 Å². The molecule has 32 heavy (non-hydrogen) atoms. The standard InChI is InChI=1S/C20H21FN8O3/c1-26(2)20(32)28-9-11-7-27(8-12(11)10-28)19(31)17(30)13-5-22-16-15(13)14(21)6-23-18(16)29-4-3-24-25-29/h3-6,11-12,22H,7-10H2,1-2H3. The van der Waals surface area contributed by atoms with Crippen LogP contribution in [0.15, 0.2) is 24.8 Å². The van der Waals surface area contributed by atoms with Crippen LogP contribution in [0.5, 0.6) is 0 Å². The average molecular weight is 440 g/mol. The van der Waals surface area contributed by atoms with Crippen molar-refractivity contribution < 1.29 is 18.8 Å². The lowest BCUT2D eigenvalue weighted by Gasteiger charge is -2.24. The van der Waals surface area contributed by atoms with Gasteiger partial charge in [-0.05, 0) is 0 Å². The molecule has 11 nitrogen and oxygen atoms in total. The van der Waals surface area contributed by atoms with Crippen molar-refractivity contribution in [1.29, 1.82) is 0 Å². The van der Waals surface area contributed by atoms with Gasteiger partial charge in [0.2, 0.25) is 0 Å². The maximum absolute atomic E-state index is 14.6. The van der Waals surface area contributed by atoms with E-state index in [2.05, 4.69) is 20.3 Å². The molecule has 5 heterocycles. The fourth-order valence-electron chi connectivity index (χ4n) is 4.63. The number of urea groups is 1. The topological polar surface area (TPSA) is 120 Å². The quantitative estimate of drug-likeness (QED) is 0.469. The lowest BCUT2D eigenvalue weighted by atomic mass is 10.0. The summed E-state index contributed by atoms with van der Waals surface area (Å²) in [6.07, 6.45) is 5.31. The molecule has 0 radical (unpaired) electrons. The van der Waals surface area contributed by atoms with Crippen molar-refractivity contribution >= 4 is 28.6 Å². The first-order chi connectivity index (χ1) is 15.3. The Labute approximate surface area is 181 Å². The Hall–Kier alpha value is -3.83. The van der Waals surface area contributed by atoms with Crippen LogP contribution in [0.4, 0.5) is 9.18 Å². The molecule has 5 rings (SSSR count). The molecule has 2 aliphatic heterocycles. The number of Topliss-reactive ketones (excluding diaryl/α,β-unsaturated/α-hetero) is 1. The molecule has 1 N–H and O–H groups in total. The average Bonchev–Trinajstić information content (AvgIpc) is 3.55. The number of nitrogens with one attached hydrogen (secondary N) is 1. The molecule has 3 aromatic heterocycles. The van der Waals surface area contributed by atoms with E-state index in [1.807, 2.05) is 0 Å². The molecule has 3 amide bonds. The molecular formula is C20H21FN8O3. The number of H-pyrrole nitrogens is 1. The third kappa shape index (κ3) is 3.10. The van der Waals surface area contributed by atoms with Gasteiger partial charge in [0.1, 0.15) is 0 Å². The Morgan fingerprint density at radius 3 is 2.44 bits per heavy atom. The van der Waals surface area contributed by atoms with Gasteiger partial charge in [-0.1, -0.05) is 5.21 Å². The Kier molecular flexibility index (Phi) is 4.64. The summed E-state index contributed by atoms with van der Waals surface area (Å²) in [5.41, 5.74) is 0.204. The van der Waals surface area contributed by atoms with Gasteiger partial charge in [0.15, 0.2) is 11.6 Å². The molecule has 0 aliphatic carbocycles. The number of pyridine rings is 1. The summed E-state index contributed by atoms with van der Waals surface area (Å²) in [5, 5.41) is 7.56. The van der Waals surface area contributed by atoms with Crippen molar-refractivity contribution in [2.45, 2.75) is 0 Å². The van der Waals surface area contributed by atoms with Gasteiger partial charge < -0.3 is 19.7 Å². The summed E-state index contributed by atoms with van der Waals surface area (Å²) in [5.74, 6) is -1.66. The van der Waals surface area contributed by atoms with E-state index in [1.165, 1.54) is 26.9 Å². The van der Waals surface area contributed by atoms with Gasteiger partial charge in [-0.25, -0.2) is 18.9 Å². The molecule has 2 saturated heterocycles. The molecule has 166 valence electrons. The van der Waals surface area contributed by atoms with Gasteiger partial charge >= 0.3 is 6.03 Å². The van der Waals surface area contributed by atoms with Crippen LogP contribution >= 0.6 is 0 Å². The second-order valence-electron chi connectivity index (χ2n) is 8.37. The Bertz CT molecular complexity index is 1210. The number of aromatic amines is 1. The number of halogens is 1. The zero-order chi connectivity index (χ0) is 22.6. The number of fused-ring (bicyclic) bond motifs is 2. The van der Waals surface area contributed by atoms with Crippen LogP contribution in [0.3, 0.4) is 0 Å². The van der Waals surface area contributed by atoms with Gasteiger partial charge in [-0.2, -0.15) is 0 Å². The number of hydrogen-bond donors (Lipinski definition) is 1. The predicted octanol–water partition coefficient (Wildman–Crippen LogP) is 0.537. The molecular weight excluding hydrogens is 419 g/mol. The third-order valence-electron chi connectivity index (χ3n) is 6.15. The minimum absolute atomic E-state index is 0.00834. The number of hydrogen-bond acceptors (Lipinski definition) is 6. The highest BCUT2D eigenvalue weighted by atomic mass is 19.1. The maximum Gasteiger partial charge on any atom is 0.319 e. The highest BCUT2D eigenvalue weighted by Gasteiger charge is 2.44. The summed E-state index contributed by atoms with van der Waals surface area (Å²) in [6, 6.07) is -0.0561. The Morgan fingerprint density at radius 1 is 1.12 bits per heavy atom. The molecule has 12 heteroatoms. The van der Waals surface area contributed by atoms with E-state index >= 15 is 0 Å². The van der Waals surface area contributed by atoms with Crippen molar-refractivity contribution in [3.05, 3.63) is 36.2 Å². The first-order valence-electron chi connectivity index (χ1n) is 10.2. The largest absolute Gasteiger partial charge is 0.357 e. The van der Waals surface area contributed by atoms with Crippen molar-refractivity contribution in [3.8, 4) is 5.82 Å². The summed E-state index contributed by atoms with van der Waals surface area (Å²) in [4.78, 5) is 49.9. The van der Waals surface area contributed by atoms with Crippen LogP contribution in [-0.4, -0.2) is 97.7 Å². The summed E-state index contributed by atoms with van der Waals surface area (Å²) in [7, 11) is 3.41. The summed E-state index contributed by atoms with van der Waals surface area (Å²) >= 11 is 0. The van der Waals surface area contributed by atoms with E-state index in [0.717, 1.165) is 6.20 Å². The number of carbonyl (C=O) groups is 3. The smallest absolute Gasteiger partial charge is 0.319 e. The monoisotopic (exact) mass is 440 g/mol. The van der Waals surface area contributed by atoms with Crippen molar-refractivity contribution in [2.24, 2.45) is 11.8 Å². The first kappa shape index (κ1) is 20.1. The predicted molar refractivity (Wildman–Crippen MR) is 110 cm³/mol. The van der Waals surface area contributed by atoms with Gasteiger partial charge in [-0.15, -0.1) is 5.10 Å². The number of rotatable bonds is 3. The molecule has 0 spiro atoms. The van der Waals surface area contributed by atoms with Crippen LogP contribution in [-0.2, 0) is 4.79 Å². The van der Waals surface area contributed by atoms with Crippen molar-refractivity contribution in [1.82, 2.24) is 39.7 Å². The number of amides is 3. The van der Waals surface area contributed by atoms with Crippen LogP contribution in [0.2, 0.25) is 0 Å². The van der Waals surface area contributed by atoms with Gasteiger partial charge in [0.25, 0.3) is 11.7 Å². The zero-order valence-corrected chi connectivity index (χ0v) is 17.5. The van der Waals surface area contributed by atoms with E-state index in [4.69, 9.17) is 0 Å². The fourth-order valence-corrected chi connectivity index (χ4v) is 4.63. The maximum atomic E-state index is 14.6. The van der Waals surface area contributed by atoms with E-state index < -0.39 is 17.5 Å². The number of nitrogens with zero attached hydrogens (tertiary/aromatic N) is 7. The number of aromatic nitrogens is 5. The van der Waals surface area contributed by atoms with Gasteiger partial charge in [0.05, 0.1) is 35.1 Å². The van der Waals surface area contributed by atoms with Gasteiger partial charge in [-0.3, -0.25) is 9.59 Å². The Balaban J connectivity index is 1.36. The summed E-state index contributed by atoms with van der Waals surface area (Å²) in [6.45, 7) is 1.88. The fraction of sp³-hybridized carbons (Fsp3) is 0.400. The third-order valence-corrected chi connectivity index (χ3v) is 6.15. The van der Waals surface area contributed by atoms with Gasteiger partial charge in [0, 0.05) is 58.3 Å². The number of carbonyl (C=O) groups excluding carboxylic acids is 3. The molecule has 2 unspecified atom stereocenters. The van der Waals surface area contributed by atoms with Crippen LogP contribution in [0.1, 0.15) is 10.4 Å². The highest BCUT2D eigenvalue weighted by Crippen LogP contribution is 2.32. The summed E-state index contributed by atoms with van der Waals surface area (Å²) < 4.78 is 16.0. The Morgan fingerprint density at radius 2 is 1.81 bits per heavy atom. The SMILES string of the molecule is CN(C)C(=O)N1CC2CN(C(=O)C(=O)c3c[nH]c4c(-n5ccnn5)ncc(F)c34)CC2C1. The lowest BCUT2D eigenvalue weighted by Crippen LogP contribution is -2.41. The molecule has 0 saturated carbocycles. The molecule has 2 atom stereocenters. The first-order valence-corrected chi connectivity index (χ1v) is 10.2. The van der Waals surface area contributed by atoms with Crippen molar-refractivity contribution in [2.75, 3.05) is 40.3 Å². The molecule has 2 aliphatic rings. The second kappa shape index (κ2) is 7.39. The lowest BCUT2D eigenvalue weighted by molar-refractivity contribution is -0.125. The van der Waals surface area contributed by atoms with E-state index in [9.17, 15) is 18.8 Å².